The third kappa shape index (κ3) is 9.26. The van der Waals surface area contributed by atoms with E-state index in [0.29, 0.717) is 12.8 Å². The van der Waals surface area contributed by atoms with E-state index < -0.39 is 78.9 Å². The fraction of sp³-hybridized carbons (Fsp3) is 0.964. The maximum atomic E-state index is 13.1. The molecule has 2 aliphatic rings. The number of hydrogen-bond acceptors (Lipinski definition) is 12. The summed E-state index contributed by atoms with van der Waals surface area (Å²) < 4.78 is 15.8. The first-order chi connectivity index (χ1) is 19.5. The molecule has 10 atom stereocenters. The van der Waals surface area contributed by atoms with Crippen molar-refractivity contribution in [2.45, 2.75) is 157 Å². The van der Waals surface area contributed by atoms with E-state index in [2.05, 4.69) is 6.92 Å². The van der Waals surface area contributed by atoms with Crippen LogP contribution >= 0.6 is 11.6 Å². The van der Waals surface area contributed by atoms with E-state index in [-0.39, 0.29) is 6.42 Å². The summed E-state index contributed by atoms with van der Waals surface area (Å²) in [6.07, 6.45) is -0.718. The number of aliphatic hydroxyl groups is 8. The summed E-state index contributed by atoms with van der Waals surface area (Å²) in [5.41, 5.74) is -2.90. The number of rotatable bonds is 19. The molecule has 0 spiro atoms. The highest BCUT2D eigenvalue weighted by Crippen LogP contribution is 2.44. The van der Waals surface area contributed by atoms with Gasteiger partial charge in [0, 0.05) is 6.42 Å². The molecular weight excluding hydrogens is 564 g/mol. The maximum Gasteiger partial charge on any atom is 0.205 e. The Labute approximate surface area is 247 Å². The molecule has 0 radical (unpaired) electrons. The summed E-state index contributed by atoms with van der Waals surface area (Å²) in [5, 5.41) is 79.5. The zero-order chi connectivity index (χ0) is 30.6. The van der Waals surface area contributed by atoms with Gasteiger partial charge in [0.1, 0.15) is 36.6 Å². The Kier molecular flexibility index (Phi) is 15.9. The zero-order valence-corrected chi connectivity index (χ0v) is 24.8. The molecule has 2 saturated heterocycles. The Morgan fingerprint density at radius 1 is 0.805 bits per heavy atom. The van der Waals surface area contributed by atoms with Crippen LogP contribution in [0.2, 0.25) is 0 Å². The fourth-order valence-corrected chi connectivity index (χ4v) is 5.79. The predicted octanol–water partition coefficient (Wildman–Crippen LogP) is 0.590. The van der Waals surface area contributed by atoms with Gasteiger partial charge in [-0.25, -0.2) is 0 Å². The molecule has 0 bridgehead atoms. The topological polar surface area (TPSA) is 207 Å². The van der Waals surface area contributed by atoms with E-state index in [9.17, 15) is 45.6 Å². The van der Waals surface area contributed by atoms with Gasteiger partial charge >= 0.3 is 0 Å². The van der Waals surface area contributed by atoms with Crippen LogP contribution in [0.5, 0.6) is 0 Å². The van der Waals surface area contributed by atoms with E-state index in [0.717, 1.165) is 19.3 Å². The minimum atomic E-state index is -2.90. The summed E-state index contributed by atoms with van der Waals surface area (Å²) in [6, 6.07) is 0. The van der Waals surface area contributed by atoms with Gasteiger partial charge in [-0.15, -0.1) is 0 Å². The molecule has 0 aromatic heterocycles. The van der Waals surface area contributed by atoms with Crippen molar-refractivity contribution in [2.24, 2.45) is 0 Å². The number of alkyl halides is 1. The Balaban J connectivity index is 1.86. The molecule has 0 amide bonds. The van der Waals surface area contributed by atoms with E-state index in [1.54, 1.807) is 0 Å². The number of carbonyl (C=O) groups excluding carboxylic acids is 1. The third-order valence-corrected chi connectivity index (χ3v) is 8.67. The molecule has 2 aliphatic heterocycles. The first kappa shape index (κ1) is 36.7. The van der Waals surface area contributed by atoms with Crippen molar-refractivity contribution in [1.29, 1.82) is 0 Å². The quantitative estimate of drug-likeness (QED) is 0.0743. The average molecular weight is 615 g/mol. The average Bonchev–Trinajstić information content (AvgIpc) is 2.96. The fourth-order valence-electron chi connectivity index (χ4n) is 5.48. The van der Waals surface area contributed by atoms with Crippen molar-refractivity contribution < 1.29 is 59.9 Å². The van der Waals surface area contributed by atoms with Crippen LogP contribution in [0.4, 0.5) is 0 Å². The largest absolute Gasteiger partial charge is 0.394 e. The standard InChI is InChI=1S/C28H51ClO12/c1-2-3-4-5-6-7-8-9-10-11-12-13-14-15-19(32)28(38)24(36)22(35)26(41-27(28,29)17-31)40-23-18(16-30)39-25(37)21(34)20(23)33/h18,20-26,30-31,33-38H,2-17H2,1H3/t18-,20-,21-,22-,23-,24+,25-,26+,27+,28+/m1/s1. The number of unbranched alkanes of at least 4 members (excludes halogenated alkanes) is 12. The molecule has 0 aliphatic carbocycles. The molecule has 0 saturated carbocycles. The number of ether oxygens (including phenoxy) is 3. The van der Waals surface area contributed by atoms with Gasteiger partial charge in [-0.05, 0) is 6.42 Å². The molecule has 41 heavy (non-hydrogen) atoms. The second-order valence-corrected chi connectivity index (χ2v) is 11.9. The Morgan fingerprint density at radius 3 is 1.80 bits per heavy atom. The molecule has 0 aromatic rings. The molecule has 2 heterocycles. The molecule has 12 nitrogen and oxygen atoms in total. The van der Waals surface area contributed by atoms with E-state index in [1.165, 1.54) is 51.4 Å². The summed E-state index contributed by atoms with van der Waals surface area (Å²) >= 11 is 6.32. The predicted molar refractivity (Wildman–Crippen MR) is 148 cm³/mol. The van der Waals surface area contributed by atoms with E-state index in [4.69, 9.17) is 25.8 Å². The number of aliphatic hydroxyl groups excluding tert-OH is 7. The number of carbonyl (C=O) groups is 1. The normalized spacial score (nSPS) is 37.8. The smallest absolute Gasteiger partial charge is 0.205 e. The number of ketones is 1. The van der Waals surface area contributed by atoms with E-state index in [1.807, 2.05) is 0 Å². The van der Waals surface area contributed by atoms with Crippen LogP contribution in [0, 0.1) is 0 Å². The van der Waals surface area contributed by atoms with E-state index >= 15 is 0 Å². The van der Waals surface area contributed by atoms with Gasteiger partial charge in [-0.1, -0.05) is 95.6 Å². The lowest BCUT2D eigenvalue weighted by atomic mass is 9.78. The second kappa shape index (κ2) is 17.7. The van der Waals surface area contributed by atoms with Crippen molar-refractivity contribution in [1.82, 2.24) is 0 Å². The van der Waals surface area contributed by atoms with Crippen LogP contribution in [0.1, 0.15) is 96.8 Å². The van der Waals surface area contributed by atoms with Crippen LogP contribution in [-0.4, -0.2) is 120 Å². The number of Topliss-reactive ketones (excluding diaryl/α,β-unsaturated/α-hetero) is 1. The minimum Gasteiger partial charge on any atom is -0.394 e. The molecule has 2 fully saturated rings. The monoisotopic (exact) mass is 614 g/mol. The lowest BCUT2D eigenvalue weighted by molar-refractivity contribution is -0.372. The summed E-state index contributed by atoms with van der Waals surface area (Å²) in [5.74, 6) is -0.928. The maximum absolute atomic E-state index is 13.1. The van der Waals surface area contributed by atoms with Crippen molar-refractivity contribution in [3.8, 4) is 0 Å². The third-order valence-electron chi connectivity index (χ3n) is 8.17. The van der Waals surface area contributed by atoms with Crippen LogP contribution in [-0.2, 0) is 19.0 Å². The Bertz CT molecular complexity index is 760. The SMILES string of the molecule is CCCCCCCCCCCCCCCC(=O)[C@]1(O)[C@@H](O)[C@@H](O)[C@@H](O[C@H]2[C@H](O)[C@@H](O)[C@H](O)O[C@@H]2CO)O[C@@]1(Cl)CO. The Hall–Kier alpha value is -0.480. The van der Waals surface area contributed by atoms with Crippen molar-refractivity contribution in [3.63, 3.8) is 0 Å². The van der Waals surface area contributed by atoms with Crippen molar-refractivity contribution in [2.75, 3.05) is 13.2 Å². The first-order valence-electron chi connectivity index (χ1n) is 15.0. The van der Waals surface area contributed by atoms with Gasteiger partial charge in [0.25, 0.3) is 0 Å². The number of hydrogen-bond donors (Lipinski definition) is 8. The minimum absolute atomic E-state index is 0.187. The lowest BCUT2D eigenvalue weighted by Crippen LogP contribution is -2.75. The molecule has 0 aromatic carbocycles. The molecule has 8 N–H and O–H groups in total. The highest BCUT2D eigenvalue weighted by molar-refractivity contribution is 6.26. The molecule has 242 valence electrons. The van der Waals surface area contributed by atoms with Crippen LogP contribution in [0.25, 0.3) is 0 Å². The summed E-state index contributed by atoms with van der Waals surface area (Å²) in [7, 11) is 0. The van der Waals surface area contributed by atoms with Gasteiger partial charge in [-0.2, -0.15) is 0 Å². The molecular formula is C28H51ClO12. The van der Waals surface area contributed by atoms with Gasteiger partial charge in [0.05, 0.1) is 13.2 Å². The van der Waals surface area contributed by atoms with Crippen LogP contribution in [0.15, 0.2) is 0 Å². The summed E-state index contributed by atoms with van der Waals surface area (Å²) in [6.45, 7) is 0.275. The molecule has 0 unspecified atom stereocenters. The van der Waals surface area contributed by atoms with Crippen LogP contribution in [0.3, 0.4) is 0 Å². The highest BCUT2D eigenvalue weighted by Gasteiger charge is 2.67. The van der Waals surface area contributed by atoms with Gasteiger partial charge in [0.2, 0.25) is 5.06 Å². The highest BCUT2D eigenvalue weighted by atomic mass is 35.5. The van der Waals surface area contributed by atoms with Crippen molar-refractivity contribution in [3.05, 3.63) is 0 Å². The Morgan fingerprint density at radius 2 is 1.32 bits per heavy atom. The van der Waals surface area contributed by atoms with Crippen molar-refractivity contribution >= 4 is 17.4 Å². The zero-order valence-electron chi connectivity index (χ0n) is 24.0. The van der Waals surface area contributed by atoms with Gasteiger partial charge in [0.15, 0.2) is 24.0 Å². The van der Waals surface area contributed by atoms with Gasteiger partial charge in [-0.3, -0.25) is 4.79 Å². The van der Waals surface area contributed by atoms with Crippen LogP contribution < -0.4 is 0 Å². The van der Waals surface area contributed by atoms with Gasteiger partial charge < -0.3 is 55.1 Å². The first-order valence-corrected chi connectivity index (χ1v) is 15.4. The lowest BCUT2D eigenvalue weighted by Gasteiger charge is -2.52. The summed E-state index contributed by atoms with van der Waals surface area (Å²) in [4.78, 5) is 13.1. The molecule has 2 rings (SSSR count). The number of halogens is 1. The second-order valence-electron chi connectivity index (χ2n) is 11.3. The molecule has 13 heteroatoms.